The number of para-hydroxylation sites is 1. The first-order valence-corrected chi connectivity index (χ1v) is 16.3. The lowest BCUT2D eigenvalue weighted by atomic mass is 9.88. The Morgan fingerprint density at radius 2 is 1.67 bits per heavy atom. The molecule has 0 bridgehead atoms. The zero-order valence-electron chi connectivity index (χ0n) is 26.7. The summed E-state index contributed by atoms with van der Waals surface area (Å²) in [7, 11) is 0. The minimum absolute atomic E-state index is 0.292. The van der Waals surface area contributed by atoms with E-state index in [0.717, 1.165) is 88.2 Å². The van der Waals surface area contributed by atoms with Gasteiger partial charge in [0, 0.05) is 45.2 Å². The SMILES string of the molecule is CC.O=CCCCC[C@@H](CCc1ccccc1OCCCN1CCN(c2ccc(F)cc2F)CC1)Cc1ccc(C(=O)O)cc1. The van der Waals surface area contributed by atoms with E-state index in [1.54, 1.807) is 12.1 Å². The Hall–Kier alpha value is -3.78. The van der Waals surface area contributed by atoms with Crippen LogP contribution in [0, 0.1) is 17.6 Å². The molecule has 0 aromatic heterocycles. The van der Waals surface area contributed by atoms with Gasteiger partial charge < -0.3 is 19.5 Å². The summed E-state index contributed by atoms with van der Waals surface area (Å²) in [5, 5.41) is 9.20. The third-order valence-corrected chi connectivity index (χ3v) is 8.20. The van der Waals surface area contributed by atoms with Crippen molar-refractivity contribution in [2.24, 2.45) is 5.92 Å². The van der Waals surface area contributed by atoms with Gasteiger partial charge in [0.25, 0.3) is 0 Å². The smallest absolute Gasteiger partial charge is 0.335 e. The molecule has 0 radical (unpaired) electrons. The summed E-state index contributed by atoms with van der Waals surface area (Å²) in [6, 6.07) is 19.1. The van der Waals surface area contributed by atoms with Crippen molar-refractivity contribution in [1.82, 2.24) is 4.90 Å². The molecule has 1 aliphatic rings. The number of carbonyl (C=O) groups is 2. The maximum Gasteiger partial charge on any atom is 0.335 e. The largest absolute Gasteiger partial charge is 0.493 e. The number of nitrogens with zero attached hydrogens (tertiary/aromatic N) is 2. The van der Waals surface area contributed by atoms with Gasteiger partial charge in [0.2, 0.25) is 0 Å². The van der Waals surface area contributed by atoms with Gasteiger partial charge >= 0.3 is 5.97 Å². The highest BCUT2D eigenvalue weighted by atomic mass is 19.1. The van der Waals surface area contributed by atoms with Crippen molar-refractivity contribution in [3.8, 4) is 5.75 Å². The Balaban J connectivity index is 0.00000271. The van der Waals surface area contributed by atoms with Crippen LogP contribution in [0.15, 0.2) is 66.7 Å². The first-order valence-electron chi connectivity index (χ1n) is 16.3. The third kappa shape index (κ3) is 11.9. The molecule has 3 aromatic carbocycles. The Labute approximate surface area is 267 Å². The van der Waals surface area contributed by atoms with E-state index < -0.39 is 17.6 Å². The van der Waals surface area contributed by atoms with Gasteiger partial charge in [0.1, 0.15) is 23.7 Å². The minimum atomic E-state index is -0.922. The second-order valence-corrected chi connectivity index (χ2v) is 11.3. The molecule has 1 fully saturated rings. The number of piperazine rings is 1. The quantitative estimate of drug-likeness (QED) is 0.122. The van der Waals surface area contributed by atoms with E-state index in [9.17, 15) is 23.5 Å². The predicted octanol–water partition coefficient (Wildman–Crippen LogP) is 7.83. The van der Waals surface area contributed by atoms with Crippen LogP contribution < -0.4 is 9.64 Å². The van der Waals surface area contributed by atoms with Crippen LogP contribution >= 0.6 is 0 Å². The number of hydrogen-bond donors (Lipinski definition) is 1. The van der Waals surface area contributed by atoms with Crippen molar-refractivity contribution >= 4 is 17.9 Å². The summed E-state index contributed by atoms with van der Waals surface area (Å²) in [5.74, 6) is -0.673. The van der Waals surface area contributed by atoms with Crippen LogP contribution in [0.4, 0.5) is 14.5 Å². The Kier molecular flexibility index (Phi) is 15.5. The predicted molar refractivity (Wildman–Crippen MR) is 176 cm³/mol. The number of carbonyl (C=O) groups excluding carboxylic acids is 1. The number of benzene rings is 3. The molecule has 0 spiro atoms. The van der Waals surface area contributed by atoms with Gasteiger partial charge in [-0.2, -0.15) is 0 Å². The molecule has 1 heterocycles. The molecule has 0 saturated carbocycles. The molecule has 244 valence electrons. The summed E-state index contributed by atoms with van der Waals surface area (Å²) in [4.78, 5) is 26.3. The number of ether oxygens (including phenoxy) is 1. The normalized spacial score (nSPS) is 13.9. The molecule has 6 nitrogen and oxygen atoms in total. The van der Waals surface area contributed by atoms with E-state index >= 15 is 0 Å². The number of aryl methyl sites for hydroxylation is 1. The first-order chi connectivity index (χ1) is 21.9. The summed E-state index contributed by atoms with van der Waals surface area (Å²) in [6.07, 6.45) is 8.04. The Morgan fingerprint density at radius 3 is 2.36 bits per heavy atom. The molecule has 3 aromatic rings. The number of aldehydes is 1. The van der Waals surface area contributed by atoms with Crippen molar-refractivity contribution < 1.29 is 28.2 Å². The van der Waals surface area contributed by atoms with E-state index in [2.05, 4.69) is 11.0 Å². The van der Waals surface area contributed by atoms with E-state index in [-0.39, 0.29) is 0 Å². The first kappa shape index (κ1) is 35.7. The van der Waals surface area contributed by atoms with E-state index in [0.29, 0.717) is 43.3 Å². The highest BCUT2D eigenvalue weighted by Crippen LogP contribution is 2.26. The third-order valence-electron chi connectivity index (χ3n) is 8.20. The number of carboxylic acids is 1. The topological polar surface area (TPSA) is 70.1 Å². The van der Waals surface area contributed by atoms with Gasteiger partial charge in [-0.3, -0.25) is 4.90 Å². The van der Waals surface area contributed by atoms with Crippen molar-refractivity contribution in [3.63, 3.8) is 0 Å². The monoisotopic (exact) mass is 622 g/mol. The molecule has 1 N–H and O–H groups in total. The molecule has 1 aliphatic heterocycles. The van der Waals surface area contributed by atoms with E-state index in [4.69, 9.17) is 4.74 Å². The van der Waals surface area contributed by atoms with Crippen molar-refractivity contribution in [3.05, 3.63) is 95.1 Å². The lowest BCUT2D eigenvalue weighted by Crippen LogP contribution is -2.47. The number of aromatic carboxylic acids is 1. The van der Waals surface area contributed by atoms with Crippen molar-refractivity contribution in [1.29, 1.82) is 0 Å². The van der Waals surface area contributed by atoms with Gasteiger partial charge in [-0.15, -0.1) is 0 Å². The van der Waals surface area contributed by atoms with E-state index in [1.807, 2.05) is 49.1 Å². The Bertz CT molecular complexity index is 1310. The highest BCUT2D eigenvalue weighted by molar-refractivity contribution is 5.87. The summed E-state index contributed by atoms with van der Waals surface area (Å²) in [5.41, 5.74) is 3.05. The number of rotatable bonds is 17. The van der Waals surface area contributed by atoms with E-state index in [1.165, 1.54) is 17.7 Å². The molecular weight excluding hydrogens is 574 g/mol. The summed E-state index contributed by atoms with van der Waals surface area (Å²) in [6.45, 7) is 8.54. The molecule has 1 saturated heterocycles. The lowest BCUT2D eigenvalue weighted by molar-refractivity contribution is -0.107. The Morgan fingerprint density at radius 1 is 0.933 bits per heavy atom. The highest BCUT2D eigenvalue weighted by Gasteiger charge is 2.20. The number of unbranched alkanes of at least 4 members (excludes halogenated alkanes) is 2. The summed E-state index contributed by atoms with van der Waals surface area (Å²) < 4.78 is 33.6. The average Bonchev–Trinajstić information content (AvgIpc) is 3.06. The molecule has 4 rings (SSSR count). The van der Waals surface area contributed by atoms with Crippen LogP contribution in [0.1, 0.15) is 73.9 Å². The molecule has 45 heavy (non-hydrogen) atoms. The fraction of sp³-hybridized carbons (Fsp3) is 0.459. The maximum absolute atomic E-state index is 14.2. The van der Waals surface area contributed by atoms with Crippen LogP contribution in [-0.4, -0.2) is 61.6 Å². The van der Waals surface area contributed by atoms with Crippen molar-refractivity contribution in [2.75, 3.05) is 44.2 Å². The fourth-order valence-electron chi connectivity index (χ4n) is 5.76. The molecule has 0 unspecified atom stereocenters. The molecule has 8 heteroatoms. The number of carboxylic acid groups (broad SMARTS) is 1. The second-order valence-electron chi connectivity index (χ2n) is 11.3. The molecule has 1 atom stereocenters. The van der Waals surface area contributed by atoms with Crippen molar-refractivity contribution in [2.45, 2.75) is 65.2 Å². The minimum Gasteiger partial charge on any atom is -0.493 e. The number of hydrogen-bond acceptors (Lipinski definition) is 5. The average molecular weight is 623 g/mol. The second kappa shape index (κ2) is 19.6. The zero-order valence-corrected chi connectivity index (χ0v) is 26.7. The van der Waals surface area contributed by atoms with Crippen LogP contribution in [0.2, 0.25) is 0 Å². The fourth-order valence-corrected chi connectivity index (χ4v) is 5.76. The zero-order chi connectivity index (χ0) is 32.4. The lowest BCUT2D eigenvalue weighted by Gasteiger charge is -2.36. The molecule has 0 amide bonds. The number of anilines is 1. The summed E-state index contributed by atoms with van der Waals surface area (Å²) >= 11 is 0. The standard InChI is InChI=1S/C35H42F2N2O4.C2H6/c36-31-16-17-33(32(37)26-31)39-21-19-38(20-22-39)18-6-24-43-34-9-4-3-8-29(34)13-10-27(7-2-1-5-23-40)25-28-11-14-30(15-12-28)35(41)42;1-2/h3-4,8-9,11-12,14-17,23,26-27H,1-2,5-7,10,13,18-22,24-25H2,(H,41,42);1-2H3/t27-;/m0./s1. The maximum atomic E-state index is 14.2. The van der Waals surface area contributed by atoms with Crippen LogP contribution in [0.3, 0.4) is 0 Å². The molecular formula is C37H48F2N2O4. The van der Waals surface area contributed by atoms with Crippen LogP contribution in [0.25, 0.3) is 0 Å². The molecule has 0 aliphatic carbocycles. The van der Waals surface area contributed by atoms with Gasteiger partial charge in [-0.05, 0) is 79.5 Å². The van der Waals surface area contributed by atoms with Crippen LogP contribution in [-0.2, 0) is 17.6 Å². The van der Waals surface area contributed by atoms with Gasteiger partial charge in [-0.25, -0.2) is 13.6 Å². The van der Waals surface area contributed by atoms with Crippen LogP contribution in [0.5, 0.6) is 5.75 Å². The van der Waals surface area contributed by atoms with Gasteiger partial charge in [0.15, 0.2) is 0 Å². The van der Waals surface area contributed by atoms with Gasteiger partial charge in [-0.1, -0.05) is 57.0 Å². The van der Waals surface area contributed by atoms with Gasteiger partial charge in [0.05, 0.1) is 17.9 Å². The number of halogens is 2.